The molecule has 0 bridgehead atoms. The van der Waals surface area contributed by atoms with Crippen LogP contribution in [0.3, 0.4) is 0 Å². The molecule has 3 nitrogen and oxygen atoms in total. The molecule has 2 rings (SSSR count). The molecule has 2 aromatic rings. The van der Waals surface area contributed by atoms with Gasteiger partial charge >= 0.3 is 6.61 Å². The number of benzene rings is 1. The maximum absolute atomic E-state index is 12.3. The number of hydrogen-bond acceptors (Lipinski definition) is 2. The SMILES string of the molecule is CCc1[nH]c2c(OC(F)F)cccc2c(=O)c1C. The molecule has 0 amide bonds. The number of H-pyrrole nitrogens is 1. The van der Waals surface area contributed by atoms with Gasteiger partial charge in [-0.15, -0.1) is 0 Å². The predicted octanol–water partition coefficient (Wildman–Crippen LogP) is 3.00. The van der Waals surface area contributed by atoms with Crippen molar-refractivity contribution in [2.75, 3.05) is 0 Å². The van der Waals surface area contributed by atoms with E-state index in [1.807, 2.05) is 6.92 Å². The number of para-hydroxylation sites is 1. The molecule has 0 saturated carbocycles. The zero-order chi connectivity index (χ0) is 13.3. The van der Waals surface area contributed by atoms with Crippen LogP contribution in [0.2, 0.25) is 0 Å². The fraction of sp³-hybridized carbons (Fsp3) is 0.308. The molecule has 0 saturated heterocycles. The molecule has 1 N–H and O–H groups in total. The molecule has 1 aromatic carbocycles. The lowest BCUT2D eigenvalue weighted by Crippen LogP contribution is -2.12. The number of nitrogens with one attached hydrogen (secondary N) is 1. The zero-order valence-corrected chi connectivity index (χ0v) is 10.1. The Kier molecular flexibility index (Phi) is 3.32. The second kappa shape index (κ2) is 4.76. The maximum atomic E-state index is 12.3. The first-order valence-corrected chi connectivity index (χ1v) is 5.64. The Labute approximate surface area is 102 Å². The highest BCUT2D eigenvalue weighted by Crippen LogP contribution is 2.24. The summed E-state index contributed by atoms with van der Waals surface area (Å²) in [6.07, 6.45) is 0.625. The Hall–Kier alpha value is -1.91. The summed E-state index contributed by atoms with van der Waals surface area (Å²) in [6.45, 7) is 0.698. The molecule has 1 heterocycles. The quantitative estimate of drug-likeness (QED) is 0.913. The molecule has 0 atom stereocenters. The van der Waals surface area contributed by atoms with Gasteiger partial charge in [0.2, 0.25) is 0 Å². The number of aromatic nitrogens is 1. The van der Waals surface area contributed by atoms with E-state index in [0.717, 1.165) is 5.69 Å². The van der Waals surface area contributed by atoms with Crippen molar-refractivity contribution in [2.24, 2.45) is 0 Å². The highest BCUT2D eigenvalue weighted by atomic mass is 19.3. The summed E-state index contributed by atoms with van der Waals surface area (Å²) >= 11 is 0. The van der Waals surface area contributed by atoms with E-state index in [9.17, 15) is 13.6 Å². The van der Waals surface area contributed by atoms with Gasteiger partial charge in [0, 0.05) is 16.6 Å². The Morgan fingerprint density at radius 3 is 2.72 bits per heavy atom. The van der Waals surface area contributed by atoms with Crippen molar-refractivity contribution in [2.45, 2.75) is 26.9 Å². The van der Waals surface area contributed by atoms with E-state index in [0.29, 0.717) is 22.9 Å². The number of rotatable bonds is 3. The number of hydrogen-bond donors (Lipinski definition) is 1. The molecular formula is C13H13F2NO2. The molecule has 0 spiro atoms. The van der Waals surface area contributed by atoms with E-state index in [-0.39, 0.29) is 11.2 Å². The number of aromatic amines is 1. The van der Waals surface area contributed by atoms with E-state index in [2.05, 4.69) is 9.72 Å². The largest absolute Gasteiger partial charge is 0.433 e. The Balaban J connectivity index is 2.76. The summed E-state index contributed by atoms with van der Waals surface area (Å²) < 4.78 is 29.0. The highest BCUT2D eigenvalue weighted by Gasteiger charge is 2.13. The number of halogens is 2. The minimum absolute atomic E-state index is 0.00528. The molecule has 0 aliphatic heterocycles. The molecule has 1 aromatic heterocycles. The third-order valence-corrected chi connectivity index (χ3v) is 2.91. The van der Waals surface area contributed by atoms with E-state index in [1.54, 1.807) is 13.0 Å². The molecule has 0 radical (unpaired) electrons. The summed E-state index contributed by atoms with van der Waals surface area (Å²) in [4.78, 5) is 15.1. The van der Waals surface area contributed by atoms with Gasteiger partial charge in [0.25, 0.3) is 0 Å². The van der Waals surface area contributed by atoms with Gasteiger partial charge in [0.15, 0.2) is 5.43 Å². The molecule has 96 valence electrons. The third-order valence-electron chi connectivity index (χ3n) is 2.91. The molecule has 0 unspecified atom stereocenters. The summed E-state index contributed by atoms with van der Waals surface area (Å²) in [7, 11) is 0. The minimum atomic E-state index is -2.91. The van der Waals surface area contributed by atoms with Gasteiger partial charge in [-0.25, -0.2) is 0 Å². The first kappa shape index (κ1) is 12.5. The van der Waals surface area contributed by atoms with Crippen LogP contribution in [-0.2, 0) is 6.42 Å². The van der Waals surface area contributed by atoms with Crippen LogP contribution in [0.15, 0.2) is 23.0 Å². The average molecular weight is 253 g/mol. The normalized spacial score (nSPS) is 11.2. The highest BCUT2D eigenvalue weighted by molar-refractivity contribution is 5.85. The monoisotopic (exact) mass is 253 g/mol. The molecule has 0 aliphatic carbocycles. The summed E-state index contributed by atoms with van der Waals surface area (Å²) in [5.74, 6) is -0.00528. The maximum Gasteiger partial charge on any atom is 0.387 e. The Morgan fingerprint density at radius 2 is 2.11 bits per heavy atom. The fourth-order valence-electron chi connectivity index (χ4n) is 1.98. The second-order valence-corrected chi connectivity index (χ2v) is 3.97. The van der Waals surface area contributed by atoms with Gasteiger partial charge in [0.1, 0.15) is 5.75 Å². The van der Waals surface area contributed by atoms with Gasteiger partial charge in [-0.2, -0.15) is 8.78 Å². The van der Waals surface area contributed by atoms with E-state index >= 15 is 0 Å². The fourth-order valence-corrected chi connectivity index (χ4v) is 1.98. The summed E-state index contributed by atoms with van der Waals surface area (Å²) in [5, 5.41) is 0.364. The standard InChI is InChI=1S/C13H13F2NO2/c1-3-9-7(2)12(17)8-5-4-6-10(11(8)16-9)18-13(14)15/h4-6,13H,3H2,1-2H3,(H,16,17). The number of aryl methyl sites for hydroxylation is 1. The summed E-state index contributed by atoms with van der Waals surface area (Å²) in [6, 6.07) is 4.54. The Bertz CT molecular complexity index is 635. The molecular weight excluding hydrogens is 240 g/mol. The number of pyridine rings is 1. The van der Waals surface area contributed by atoms with Crippen molar-refractivity contribution in [3.63, 3.8) is 0 Å². The molecule has 18 heavy (non-hydrogen) atoms. The lowest BCUT2D eigenvalue weighted by atomic mass is 10.1. The van der Waals surface area contributed by atoms with Crippen molar-refractivity contribution in [3.8, 4) is 5.75 Å². The molecule has 0 fully saturated rings. The van der Waals surface area contributed by atoms with Crippen LogP contribution in [0.5, 0.6) is 5.75 Å². The minimum Gasteiger partial charge on any atom is -0.433 e. The molecule has 0 aliphatic rings. The van der Waals surface area contributed by atoms with Crippen molar-refractivity contribution in [1.29, 1.82) is 0 Å². The van der Waals surface area contributed by atoms with Crippen LogP contribution >= 0.6 is 0 Å². The van der Waals surface area contributed by atoms with Gasteiger partial charge in [-0.1, -0.05) is 13.0 Å². The van der Waals surface area contributed by atoms with Gasteiger partial charge in [-0.3, -0.25) is 4.79 Å². The first-order valence-electron chi connectivity index (χ1n) is 5.64. The van der Waals surface area contributed by atoms with Crippen LogP contribution in [0, 0.1) is 6.92 Å². The summed E-state index contributed by atoms with van der Waals surface area (Å²) in [5.41, 5.74) is 1.52. The Morgan fingerprint density at radius 1 is 1.39 bits per heavy atom. The predicted molar refractivity (Wildman–Crippen MR) is 65.3 cm³/mol. The van der Waals surface area contributed by atoms with E-state index in [1.165, 1.54) is 12.1 Å². The van der Waals surface area contributed by atoms with Crippen LogP contribution in [0.1, 0.15) is 18.2 Å². The van der Waals surface area contributed by atoms with Gasteiger partial charge < -0.3 is 9.72 Å². The van der Waals surface area contributed by atoms with Crippen LogP contribution in [-0.4, -0.2) is 11.6 Å². The van der Waals surface area contributed by atoms with Crippen LogP contribution in [0.25, 0.3) is 10.9 Å². The van der Waals surface area contributed by atoms with Crippen molar-refractivity contribution < 1.29 is 13.5 Å². The zero-order valence-electron chi connectivity index (χ0n) is 10.1. The topological polar surface area (TPSA) is 42.1 Å². The lowest BCUT2D eigenvalue weighted by Gasteiger charge is -2.11. The van der Waals surface area contributed by atoms with Crippen molar-refractivity contribution >= 4 is 10.9 Å². The first-order chi connectivity index (χ1) is 8.54. The number of fused-ring (bicyclic) bond motifs is 1. The smallest absolute Gasteiger partial charge is 0.387 e. The van der Waals surface area contributed by atoms with Crippen molar-refractivity contribution in [3.05, 3.63) is 39.7 Å². The second-order valence-electron chi connectivity index (χ2n) is 3.97. The third kappa shape index (κ3) is 2.08. The van der Waals surface area contributed by atoms with Crippen LogP contribution in [0.4, 0.5) is 8.78 Å². The number of ether oxygens (including phenoxy) is 1. The number of alkyl halides is 2. The van der Waals surface area contributed by atoms with Crippen molar-refractivity contribution in [1.82, 2.24) is 4.98 Å². The van der Waals surface area contributed by atoms with Gasteiger partial charge in [-0.05, 0) is 25.5 Å². The lowest BCUT2D eigenvalue weighted by molar-refractivity contribution is -0.0489. The van der Waals surface area contributed by atoms with E-state index < -0.39 is 6.61 Å². The average Bonchev–Trinajstić information content (AvgIpc) is 2.33. The van der Waals surface area contributed by atoms with E-state index in [4.69, 9.17) is 0 Å². The molecule has 5 heteroatoms. The van der Waals surface area contributed by atoms with Gasteiger partial charge in [0.05, 0.1) is 5.52 Å². The van der Waals surface area contributed by atoms with Crippen LogP contribution < -0.4 is 10.2 Å².